The normalized spacial score (nSPS) is 20.2. The molecule has 0 radical (unpaired) electrons. The van der Waals surface area contributed by atoms with Gasteiger partial charge in [0.15, 0.2) is 0 Å². The topological polar surface area (TPSA) is 55.8 Å². The number of hydrogen-bond acceptors (Lipinski definition) is 4. The molecular formula is C18H17NO4. The Morgan fingerprint density at radius 3 is 2.35 bits per heavy atom. The molecule has 1 aliphatic heterocycles. The van der Waals surface area contributed by atoms with E-state index < -0.39 is 24.0 Å². The Kier molecular flexibility index (Phi) is 4.28. The molecule has 5 nitrogen and oxygen atoms in total. The van der Waals surface area contributed by atoms with E-state index in [1.807, 2.05) is 60.7 Å². The number of carbonyl (C=O) groups is 2. The van der Waals surface area contributed by atoms with Crippen molar-refractivity contribution in [2.75, 3.05) is 0 Å². The third-order valence-electron chi connectivity index (χ3n) is 3.81. The van der Waals surface area contributed by atoms with E-state index >= 15 is 0 Å². The van der Waals surface area contributed by atoms with Gasteiger partial charge in [0.25, 0.3) is 0 Å². The predicted octanol–water partition coefficient (Wildman–Crippen LogP) is 3.47. The fraction of sp³-hybridized carbons (Fsp3) is 0.222. The highest BCUT2D eigenvalue weighted by Crippen LogP contribution is 2.36. The molecule has 1 heterocycles. The average Bonchev–Trinajstić information content (AvgIpc) is 2.90. The summed E-state index contributed by atoms with van der Waals surface area (Å²) in [4.78, 5) is 29.3. The van der Waals surface area contributed by atoms with E-state index in [1.54, 1.807) is 6.92 Å². The predicted molar refractivity (Wildman–Crippen MR) is 82.9 cm³/mol. The van der Waals surface area contributed by atoms with Gasteiger partial charge in [0.05, 0.1) is 5.92 Å². The van der Waals surface area contributed by atoms with E-state index in [2.05, 4.69) is 0 Å². The van der Waals surface area contributed by atoms with Crippen LogP contribution >= 0.6 is 0 Å². The van der Waals surface area contributed by atoms with E-state index in [4.69, 9.17) is 9.57 Å². The second-order valence-corrected chi connectivity index (χ2v) is 5.42. The second kappa shape index (κ2) is 6.52. The van der Waals surface area contributed by atoms with E-state index in [0.717, 1.165) is 16.2 Å². The number of ether oxygens (including phenoxy) is 1. The van der Waals surface area contributed by atoms with Gasteiger partial charge >= 0.3 is 12.1 Å². The molecule has 0 N–H and O–H groups in total. The molecule has 1 fully saturated rings. The molecular weight excluding hydrogens is 294 g/mol. The number of carbonyl (C=O) groups excluding carboxylic acids is 2. The number of benzene rings is 2. The number of amides is 1. The van der Waals surface area contributed by atoms with Crippen LogP contribution in [0, 0.1) is 5.92 Å². The first-order valence-corrected chi connectivity index (χ1v) is 7.43. The van der Waals surface area contributed by atoms with Crippen molar-refractivity contribution in [3.8, 4) is 0 Å². The molecule has 5 heteroatoms. The summed E-state index contributed by atoms with van der Waals surface area (Å²) in [5.41, 5.74) is 1.71. The lowest BCUT2D eigenvalue weighted by atomic mass is 9.96. The van der Waals surface area contributed by atoms with Gasteiger partial charge < -0.3 is 9.57 Å². The minimum absolute atomic E-state index is 0.129. The fourth-order valence-corrected chi connectivity index (χ4v) is 2.58. The number of rotatable bonds is 3. The maximum Gasteiger partial charge on any atom is 0.444 e. The van der Waals surface area contributed by atoms with Crippen LogP contribution in [0.1, 0.15) is 24.1 Å². The smallest absolute Gasteiger partial charge is 0.442 e. The third kappa shape index (κ3) is 3.18. The molecule has 1 saturated heterocycles. The van der Waals surface area contributed by atoms with Gasteiger partial charge in [0.2, 0.25) is 0 Å². The summed E-state index contributed by atoms with van der Waals surface area (Å²) in [6.45, 7) is 1.87. The zero-order valence-corrected chi connectivity index (χ0v) is 12.7. The summed E-state index contributed by atoms with van der Waals surface area (Å²) in [5.74, 6) is -0.878. The van der Waals surface area contributed by atoms with E-state index in [9.17, 15) is 9.59 Å². The molecule has 0 saturated carbocycles. The van der Waals surface area contributed by atoms with Crippen LogP contribution < -0.4 is 0 Å². The first-order valence-electron chi connectivity index (χ1n) is 7.43. The number of hydroxylamine groups is 2. The lowest BCUT2D eigenvalue weighted by molar-refractivity contribution is -0.168. The molecule has 2 aromatic carbocycles. The zero-order chi connectivity index (χ0) is 16.2. The Labute approximate surface area is 134 Å². The molecule has 0 aliphatic carbocycles. The number of hydrogen-bond donors (Lipinski definition) is 0. The largest absolute Gasteiger partial charge is 0.444 e. The van der Waals surface area contributed by atoms with Crippen molar-refractivity contribution < 1.29 is 19.2 Å². The zero-order valence-electron chi connectivity index (χ0n) is 12.7. The van der Waals surface area contributed by atoms with Gasteiger partial charge in [0.1, 0.15) is 12.6 Å². The first kappa shape index (κ1) is 15.1. The summed E-state index contributed by atoms with van der Waals surface area (Å²) in [7, 11) is 0. The van der Waals surface area contributed by atoms with Crippen molar-refractivity contribution in [2.45, 2.75) is 19.6 Å². The molecule has 0 aromatic heterocycles. The maximum absolute atomic E-state index is 12.3. The van der Waals surface area contributed by atoms with Crippen LogP contribution in [0.3, 0.4) is 0 Å². The van der Waals surface area contributed by atoms with Crippen molar-refractivity contribution in [2.24, 2.45) is 5.92 Å². The van der Waals surface area contributed by atoms with Gasteiger partial charge in [-0.1, -0.05) is 60.7 Å². The SMILES string of the molecule is C[C@@H]1C(=O)ON(C(=O)OCc2ccccc2)[C@H]1c1ccccc1. The third-order valence-corrected chi connectivity index (χ3v) is 3.81. The molecule has 0 bridgehead atoms. The van der Waals surface area contributed by atoms with E-state index in [0.29, 0.717) is 0 Å². The standard InChI is InChI=1S/C18H17NO4/c1-13-16(15-10-6-3-7-11-15)19(23-17(13)20)18(21)22-12-14-8-4-2-5-9-14/h2-11,13,16H,12H2,1H3/t13-,16+/m0/s1. The molecule has 0 spiro atoms. The van der Waals surface area contributed by atoms with Crippen LogP contribution in [0.4, 0.5) is 4.79 Å². The van der Waals surface area contributed by atoms with Gasteiger partial charge in [-0.05, 0) is 18.1 Å². The highest BCUT2D eigenvalue weighted by atomic mass is 16.8. The molecule has 1 amide bonds. The van der Waals surface area contributed by atoms with Crippen molar-refractivity contribution in [3.05, 3.63) is 71.8 Å². The summed E-state index contributed by atoms with van der Waals surface area (Å²) < 4.78 is 5.27. The summed E-state index contributed by atoms with van der Waals surface area (Å²) in [6.07, 6.45) is -0.666. The number of nitrogens with zero attached hydrogens (tertiary/aromatic N) is 1. The minimum atomic E-state index is -0.666. The summed E-state index contributed by atoms with van der Waals surface area (Å²) in [5, 5.41) is 1.03. The van der Waals surface area contributed by atoms with Gasteiger partial charge in [-0.15, -0.1) is 5.06 Å². The highest BCUT2D eigenvalue weighted by Gasteiger charge is 2.45. The van der Waals surface area contributed by atoms with Crippen LogP contribution in [-0.2, 0) is 21.0 Å². The van der Waals surface area contributed by atoms with Gasteiger partial charge in [0, 0.05) is 0 Å². The maximum atomic E-state index is 12.3. The van der Waals surface area contributed by atoms with Crippen molar-refractivity contribution in [1.29, 1.82) is 0 Å². The lowest BCUT2D eigenvalue weighted by Gasteiger charge is -2.22. The van der Waals surface area contributed by atoms with Gasteiger partial charge in [-0.3, -0.25) is 0 Å². The Morgan fingerprint density at radius 1 is 1.09 bits per heavy atom. The quantitative estimate of drug-likeness (QED) is 0.871. The van der Waals surface area contributed by atoms with Gasteiger partial charge in [-0.2, -0.15) is 0 Å². The Hall–Kier alpha value is -2.82. The molecule has 3 rings (SSSR count). The molecule has 1 aliphatic rings. The molecule has 0 unspecified atom stereocenters. The minimum Gasteiger partial charge on any atom is -0.442 e. The first-order chi connectivity index (χ1) is 11.2. The highest BCUT2D eigenvalue weighted by molar-refractivity contribution is 5.80. The van der Waals surface area contributed by atoms with Crippen LogP contribution in [0.25, 0.3) is 0 Å². The van der Waals surface area contributed by atoms with Crippen molar-refractivity contribution in [1.82, 2.24) is 5.06 Å². The Bertz CT molecular complexity index is 687. The molecule has 2 aromatic rings. The van der Waals surface area contributed by atoms with Crippen LogP contribution in [-0.4, -0.2) is 17.1 Å². The van der Waals surface area contributed by atoms with Crippen molar-refractivity contribution >= 4 is 12.1 Å². The van der Waals surface area contributed by atoms with E-state index in [-0.39, 0.29) is 6.61 Å². The molecule has 2 atom stereocenters. The monoisotopic (exact) mass is 311 g/mol. The Balaban J connectivity index is 1.74. The second-order valence-electron chi connectivity index (χ2n) is 5.42. The van der Waals surface area contributed by atoms with E-state index in [1.165, 1.54) is 0 Å². The van der Waals surface area contributed by atoms with Gasteiger partial charge in [-0.25, -0.2) is 9.59 Å². The van der Waals surface area contributed by atoms with Crippen molar-refractivity contribution in [3.63, 3.8) is 0 Å². The summed E-state index contributed by atoms with van der Waals surface area (Å²) >= 11 is 0. The van der Waals surface area contributed by atoms with Crippen LogP contribution in [0.15, 0.2) is 60.7 Å². The Morgan fingerprint density at radius 2 is 1.70 bits per heavy atom. The average molecular weight is 311 g/mol. The van der Waals surface area contributed by atoms with Crippen LogP contribution in [0.5, 0.6) is 0 Å². The summed E-state index contributed by atoms with van der Waals surface area (Å²) in [6, 6.07) is 18.2. The molecule has 118 valence electrons. The fourth-order valence-electron chi connectivity index (χ4n) is 2.58. The molecule has 23 heavy (non-hydrogen) atoms. The van der Waals surface area contributed by atoms with Crippen LogP contribution in [0.2, 0.25) is 0 Å². The lowest BCUT2D eigenvalue weighted by Crippen LogP contribution is -2.31.